The maximum absolute atomic E-state index is 10.1. The van der Waals surface area contributed by atoms with Crippen LogP contribution in [0.2, 0.25) is 0 Å². The summed E-state index contributed by atoms with van der Waals surface area (Å²) in [5.74, 6) is 1.11. The van der Waals surface area contributed by atoms with Crippen molar-refractivity contribution in [1.29, 1.82) is 0 Å². The predicted octanol–water partition coefficient (Wildman–Crippen LogP) is 4.69. The topological polar surface area (TPSA) is 69.9 Å². The van der Waals surface area contributed by atoms with Crippen molar-refractivity contribution in [3.05, 3.63) is 35.5 Å². The molecule has 0 amide bonds. The minimum absolute atomic E-state index is 0.198. The number of allylic oxidation sites excluding steroid dienone is 3. The van der Waals surface area contributed by atoms with E-state index in [9.17, 15) is 15.3 Å². The average Bonchev–Trinajstić information content (AvgIpc) is 3.00. The monoisotopic (exact) mass is 418 g/mol. The van der Waals surface area contributed by atoms with Crippen molar-refractivity contribution in [3.63, 3.8) is 0 Å². The second-order valence-corrected chi connectivity index (χ2v) is 10.8. The van der Waals surface area contributed by atoms with Gasteiger partial charge in [0.15, 0.2) is 0 Å². The van der Waals surface area contributed by atoms with E-state index in [0.29, 0.717) is 37.7 Å². The van der Waals surface area contributed by atoms with Gasteiger partial charge in [-0.2, -0.15) is 0 Å². The van der Waals surface area contributed by atoms with Crippen LogP contribution in [0, 0.1) is 17.3 Å². The van der Waals surface area contributed by atoms with Crippen LogP contribution in [0.3, 0.4) is 0 Å². The molecule has 4 nitrogen and oxygen atoms in total. The molecule has 0 bridgehead atoms. The molecule has 3 aliphatic rings. The maximum Gasteiger partial charge on any atom is 0.0811 e. The Kier molecular flexibility index (Phi) is 7.33. The lowest BCUT2D eigenvalue weighted by Crippen LogP contribution is -2.39. The fourth-order valence-electron chi connectivity index (χ4n) is 6.13. The molecular formula is C26H42O4. The Morgan fingerprint density at radius 2 is 2.00 bits per heavy atom. The third-order valence-corrected chi connectivity index (χ3v) is 7.96. The second kappa shape index (κ2) is 9.28. The van der Waals surface area contributed by atoms with Crippen molar-refractivity contribution in [3.8, 4) is 0 Å². The summed E-state index contributed by atoms with van der Waals surface area (Å²) in [6.45, 7) is 13.0. The van der Waals surface area contributed by atoms with E-state index >= 15 is 0 Å². The quantitative estimate of drug-likeness (QED) is 0.585. The smallest absolute Gasteiger partial charge is 0.0811 e. The number of hydrogen-bond acceptors (Lipinski definition) is 4. The van der Waals surface area contributed by atoms with Gasteiger partial charge in [-0.3, -0.25) is 0 Å². The first-order valence-corrected chi connectivity index (χ1v) is 11.8. The van der Waals surface area contributed by atoms with Crippen LogP contribution in [0.1, 0.15) is 79.1 Å². The van der Waals surface area contributed by atoms with Gasteiger partial charge in [-0.25, -0.2) is 0 Å². The van der Waals surface area contributed by atoms with Crippen LogP contribution >= 0.6 is 0 Å². The van der Waals surface area contributed by atoms with E-state index in [-0.39, 0.29) is 11.5 Å². The van der Waals surface area contributed by atoms with E-state index in [2.05, 4.69) is 32.6 Å². The molecule has 0 heterocycles. The van der Waals surface area contributed by atoms with E-state index < -0.39 is 17.8 Å². The van der Waals surface area contributed by atoms with Crippen molar-refractivity contribution in [2.24, 2.45) is 17.3 Å². The summed E-state index contributed by atoms with van der Waals surface area (Å²) in [6.07, 6.45) is 11.0. The zero-order chi connectivity index (χ0) is 22.1. The molecule has 0 saturated heterocycles. The molecule has 0 aromatic rings. The Labute approximate surface area is 182 Å². The van der Waals surface area contributed by atoms with Gasteiger partial charge in [-0.1, -0.05) is 31.2 Å². The lowest BCUT2D eigenvalue weighted by Gasteiger charge is -2.44. The Morgan fingerprint density at radius 1 is 1.27 bits per heavy atom. The van der Waals surface area contributed by atoms with Crippen LogP contribution in [0.15, 0.2) is 35.5 Å². The van der Waals surface area contributed by atoms with Gasteiger partial charge in [0.05, 0.1) is 23.9 Å². The highest BCUT2D eigenvalue weighted by molar-refractivity contribution is 5.38. The van der Waals surface area contributed by atoms with Crippen molar-refractivity contribution in [1.82, 2.24) is 0 Å². The van der Waals surface area contributed by atoms with Gasteiger partial charge < -0.3 is 20.1 Å². The minimum atomic E-state index is -0.680. The molecule has 3 fully saturated rings. The summed E-state index contributed by atoms with van der Waals surface area (Å²) < 4.78 is 6.19. The highest BCUT2D eigenvalue weighted by atomic mass is 16.5. The van der Waals surface area contributed by atoms with E-state index in [1.165, 1.54) is 31.3 Å². The molecule has 3 N–H and O–H groups in total. The van der Waals surface area contributed by atoms with Crippen LogP contribution in [0.5, 0.6) is 0 Å². The Morgan fingerprint density at radius 3 is 2.70 bits per heavy atom. The normalized spacial score (nSPS) is 38.8. The van der Waals surface area contributed by atoms with Gasteiger partial charge in [0.2, 0.25) is 0 Å². The number of fused-ring (bicyclic) bond motifs is 1. The Bertz CT molecular complexity index is 686. The standard InChI is InChI=1S/C26H42O4/c1-17-20(15-21(27)16-24(17)28)9-8-19-7-6-12-26(5)22(10-11-23(19)26)18(2)30-14-13-25(3,4)29/h8-9,18,21-24,27-29H,1,6-7,10-16H2,2-5H3/b19-8?,20-9-/t18-,21+,22+,23?,24+,26+/m0/s1. The van der Waals surface area contributed by atoms with Crippen molar-refractivity contribution >= 4 is 0 Å². The van der Waals surface area contributed by atoms with E-state index in [1.54, 1.807) is 0 Å². The summed E-state index contributed by atoms with van der Waals surface area (Å²) in [4.78, 5) is 0. The molecule has 3 rings (SSSR count). The highest BCUT2D eigenvalue weighted by Crippen LogP contribution is 2.58. The second-order valence-electron chi connectivity index (χ2n) is 10.8. The van der Waals surface area contributed by atoms with Crippen molar-refractivity contribution < 1.29 is 20.1 Å². The van der Waals surface area contributed by atoms with Gasteiger partial charge in [-0.15, -0.1) is 0 Å². The summed E-state index contributed by atoms with van der Waals surface area (Å²) in [6, 6.07) is 0. The lowest BCUT2D eigenvalue weighted by atomic mass is 9.62. The minimum Gasteiger partial charge on any atom is -0.393 e. The lowest BCUT2D eigenvalue weighted by molar-refractivity contribution is -0.0454. The van der Waals surface area contributed by atoms with E-state index in [4.69, 9.17) is 4.74 Å². The molecule has 0 spiro atoms. The summed E-state index contributed by atoms with van der Waals surface area (Å²) in [5, 5.41) is 30.1. The summed E-state index contributed by atoms with van der Waals surface area (Å²) in [7, 11) is 0. The van der Waals surface area contributed by atoms with Crippen LogP contribution in [0.25, 0.3) is 0 Å². The van der Waals surface area contributed by atoms with Crippen LogP contribution in [-0.2, 0) is 4.74 Å². The molecular weight excluding hydrogens is 376 g/mol. The third kappa shape index (κ3) is 5.27. The van der Waals surface area contributed by atoms with Gasteiger partial charge in [0, 0.05) is 13.0 Å². The molecule has 1 unspecified atom stereocenters. The van der Waals surface area contributed by atoms with Gasteiger partial charge >= 0.3 is 0 Å². The number of aliphatic hydroxyl groups is 3. The molecule has 0 radical (unpaired) electrons. The highest BCUT2D eigenvalue weighted by Gasteiger charge is 2.51. The van der Waals surface area contributed by atoms with Crippen LogP contribution < -0.4 is 0 Å². The molecule has 170 valence electrons. The number of aliphatic hydroxyl groups excluding tert-OH is 2. The first kappa shape index (κ1) is 23.7. The third-order valence-electron chi connectivity index (χ3n) is 7.96. The molecule has 0 aromatic heterocycles. The van der Waals surface area contributed by atoms with Gasteiger partial charge in [0.1, 0.15) is 0 Å². The molecule has 4 heteroatoms. The largest absolute Gasteiger partial charge is 0.393 e. The SMILES string of the molecule is C=C1/C(=C\C=C2CCC[C@@]3(C)C2CC[C@@H]3[C@H](C)OCCC(C)(C)O)C[C@@H](O)C[C@H]1O. The van der Waals surface area contributed by atoms with Crippen molar-refractivity contribution in [2.75, 3.05) is 6.61 Å². The molecule has 3 saturated carbocycles. The summed E-state index contributed by atoms with van der Waals surface area (Å²) in [5.41, 5.74) is 2.82. The molecule has 6 atom stereocenters. The van der Waals surface area contributed by atoms with Crippen LogP contribution in [0.4, 0.5) is 0 Å². The molecule has 3 aliphatic carbocycles. The van der Waals surface area contributed by atoms with E-state index in [0.717, 1.165) is 17.6 Å². The number of hydrogen-bond donors (Lipinski definition) is 3. The first-order chi connectivity index (χ1) is 14.0. The van der Waals surface area contributed by atoms with E-state index in [1.807, 2.05) is 13.8 Å². The molecule has 0 aromatic carbocycles. The predicted molar refractivity (Wildman–Crippen MR) is 121 cm³/mol. The Balaban J connectivity index is 1.70. The zero-order valence-corrected chi connectivity index (χ0v) is 19.4. The van der Waals surface area contributed by atoms with Crippen molar-refractivity contribution in [2.45, 2.75) is 103 Å². The fourth-order valence-corrected chi connectivity index (χ4v) is 6.13. The van der Waals surface area contributed by atoms with Gasteiger partial charge in [-0.05, 0) is 94.1 Å². The zero-order valence-electron chi connectivity index (χ0n) is 19.4. The number of ether oxygens (including phenoxy) is 1. The average molecular weight is 419 g/mol. The fraction of sp³-hybridized carbons (Fsp3) is 0.769. The summed E-state index contributed by atoms with van der Waals surface area (Å²) >= 11 is 0. The molecule has 30 heavy (non-hydrogen) atoms. The Hall–Kier alpha value is -0.940. The van der Waals surface area contributed by atoms with Crippen LogP contribution in [-0.4, -0.2) is 45.8 Å². The van der Waals surface area contributed by atoms with Gasteiger partial charge in [0.25, 0.3) is 0 Å². The first-order valence-electron chi connectivity index (χ1n) is 11.8. The molecule has 0 aliphatic heterocycles. The maximum atomic E-state index is 10.1. The number of rotatable bonds is 6.